The second kappa shape index (κ2) is 10.3. The van der Waals surface area contributed by atoms with Gasteiger partial charge in [0.25, 0.3) is 12.4 Å². The highest BCUT2D eigenvalue weighted by atomic mass is 32.1. The summed E-state index contributed by atoms with van der Waals surface area (Å²) in [5.74, 6) is -0.930. The van der Waals surface area contributed by atoms with Crippen molar-refractivity contribution in [2.75, 3.05) is 25.1 Å². The van der Waals surface area contributed by atoms with Gasteiger partial charge in [0.2, 0.25) is 0 Å². The maximum atomic E-state index is 13.9. The SMILES string of the molecule is COC(c1cc(-c2nccs2)c2oc(N3CC4CCC(C3)N4C(=O)OC(C)(C)C)nc2c1OC(F)(F)F)C(F)F. The summed E-state index contributed by atoms with van der Waals surface area (Å²) in [5, 5.41) is 1.96. The first kappa shape index (κ1) is 28.3. The highest BCUT2D eigenvalue weighted by molar-refractivity contribution is 7.13. The number of rotatable bonds is 6. The number of amides is 1. The lowest BCUT2D eigenvalue weighted by molar-refractivity contribution is -0.274. The predicted octanol–water partition coefficient (Wildman–Crippen LogP) is 6.39. The van der Waals surface area contributed by atoms with E-state index in [4.69, 9.17) is 13.9 Å². The second-order valence-corrected chi connectivity index (χ2v) is 11.5. The van der Waals surface area contributed by atoms with E-state index in [1.165, 1.54) is 6.20 Å². The standard InChI is InChI=1S/C25H27F5N4O5S/c1-24(2,3)39-23(35)34-12-5-6-13(34)11-33(10-12)22-32-16-17(37-22)15(21-31-7-8-40-21)9-14(19(36-4)20(26)27)18(16)38-25(28,29)30/h7-9,12-13,19-20H,5-6,10-11H2,1-4H3. The average Bonchev–Trinajstić information content (AvgIpc) is 3.57. The Labute approximate surface area is 229 Å². The maximum absolute atomic E-state index is 13.9. The van der Waals surface area contributed by atoms with Gasteiger partial charge in [-0.1, -0.05) is 0 Å². The third-order valence-corrected chi connectivity index (χ3v) is 7.47. The Morgan fingerprint density at radius 3 is 2.38 bits per heavy atom. The number of methoxy groups -OCH3 is 1. The van der Waals surface area contributed by atoms with E-state index in [2.05, 4.69) is 14.7 Å². The van der Waals surface area contributed by atoms with Crippen molar-refractivity contribution in [2.24, 2.45) is 0 Å². The number of nitrogens with zero attached hydrogens (tertiary/aromatic N) is 4. The monoisotopic (exact) mass is 590 g/mol. The van der Waals surface area contributed by atoms with E-state index in [0.717, 1.165) is 24.5 Å². The first-order chi connectivity index (χ1) is 18.8. The first-order valence-corrected chi connectivity index (χ1v) is 13.3. The minimum atomic E-state index is -5.21. The number of aromatic nitrogens is 2. The molecule has 0 radical (unpaired) electrons. The van der Waals surface area contributed by atoms with Crippen molar-refractivity contribution in [1.29, 1.82) is 0 Å². The van der Waals surface area contributed by atoms with Crippen LogP contribution in [0.4, 0.5) is 32.8 Å². The molecule has 2 aliphatic rings. The zero-order valence-corrected chi connectivity index (χ0v) is 22.8. The summed E-state index contributed by atoms with van der Waals surface area (Å²) in [6.07, 6.45) is -7.98. The van der Waals surface area contributed by atoms with Crippen LogP contribution in [-0.4, -0.2) is 71.6 Å². The van der Waals surface area contributed by atoms with Crippen molar-refractivity contribution < 1.29 is 45.4 Å². The van der Waals surface area contributed by atoms with Gasteiger partial charge in [-0.05, 0) is 39.7 Å². The molecule has 2 aliphatic heterocycles. The van der Waals surface area contributed by atoms with Gasteiger partial charge in [-0.25, -0.2) is 18.6 Å². The molecule has 5 rings (SSSR count). The molecule has 40 heavy (non-hydrogen) atoms. The number of ether oxygens (including phenoxy) is 3. The van der Waals surface area contributed by atoms with Crippen LogP contribution in [0.5, 0.6) is 5.75 Å². The predicted molar refractivity (Wildman–Crippen MR) is 135 cm³/mol. The van der Waals surface area contributed by atoms with Crippen LogP contribution in [0.15, 0.2) is 22.1 Å². The van der Waals surface area contributed by atoms with Crippen LogP contribution in [0.25, 0.3) is 21.7 Å². The fraction of sp³-hybridized carbons (Fsp3) is 0.560. The van der Waals surface area contributed by atoms with Crippen molar-refractivity contribution in [3.8, 4) is 16.3 Å². The summed E-state index contributed by atoms with van der Waals surface area (Å²) >= 11 is 1.15. The molecular weight excluding hydrogens is 563 g/mol. The van der Waals surface area contributed by atoms with Crippen molar-refractivity contribution in [3.05, 3.63) is 23.2 Å². The maximum Gasteiger partial charge on any atom is 0.573 e. The Balaban J connectivity index is 1.59. The largest absolute Gasteiger partial charge is 0.573 e. The van der Waals surface area contributed by atoms with Crippen molar-refractivity contribution in [2.45, 2.75) is 70.2 Å². The smallest absolute Gasteiger partial charge is 0.444 e. The summed E-state index contributed by atoms with van der Waals surface area (Å²) < 4.78 is 89.1. The third-order valence-electron chi connectivity index (χ3n) is 6.66. The number of carbonyl (C=O) groups is 1. The second-order valence-electron chi connectivity index (χ2n) is 10.6. The molecule has 0 saturated carbocycles. The van der Waals surface area contributed by atoms with Crippen LogP contribution in [0.3, 0.4) is 0 Å². The van der Waals surface area contributed by atoms with E-state index >= 15 is 0 Å². The molecule has 2 bridgehead atoms. The lowest BCUT2D eigenvalue weighted by Crippen LogP contribution is -2.56. The number of benzene rings is 1. The van der Waals surface area contributed by atoms with Crippen LogP contribution >= 0.6 is 11.3 Å². The Kier molecular flexibility index (Phi) is 7.31. The molecule has 0 spiro atoms. The van der Waals surface area contributed by atoms with Gasteiger partial charge in [0.15, 0.2) is 16.8 Å². The van der Waals surface area contributed by atoms with Gasteiger partial charge >= 0.3 is 12.5 Å². The number of hydrogen-bond acceptors (Lipinski definition) is 9. The van der Waals surface area contributed by atoms with Crippen LogP contribution in [0.2, 0.25) is 0 Å². The number of anilines is 1. The minimum absolute atomic E-state index is 0.0243. The summed E-state index contributed by atoms with van der Waals surface area (Å²) in [6.45, 7) is 5.90. The summed E-state index contributed by atoms with van der Waals surface area (Å²) in [5.41, 5.74) is -1.53. The minimum Gasteiger partial charge on any atom is -0.444 e. The van der Waals surface area contributed by atoms with Crippen LogP contribution < -0.4 is 9.64 Å². The number of oxazole rings is 1. The van der Waals surface area contributed by atoms with Crippen molar-refractivity contribution in [1.82, 2.24) is 14.9 Å². The molecule has 3 atom stereocenters. The molecule has 1 aromatic carbocycles. The number of piperazine rings is 1. The molecule has 2 fully saturated rings. The summed E-state index contributed by atoms with van der Waals surface area (Å²) in [4.78, 5) is 24.8. The van der Waals surface area contributed by atoms with Crippen LogP contribution in [0, 0.1) is 0 Å². The van der Waals surface area contributed by atoms with Gasteiger partial charge in [0.1, 0.15) is 16.7 Å². The number of thiazole rings is 1. The van der Waals surface area contributed by atoms with E-state index in [0.29, 0.717) is 17.8 Å². The molecule has 0 aliphatic carbocycles. The summed E-state index contributed by atoms with van der Waals surface area (Å²) in [7, 11) is 0.968. The molecule has 2 aromatic heterocycles. The fourth-order valence-corrected chi connectivity index (χ4v) is 5.84. The van der Waals surface area contributed by atoms with Crippen molar-refractivity contribution >= 4 is 34.5 Å². The number of halogens is 5. The molecule has 0 N–H and O–H groups in total. The van der Waals surface area contributed by atoms with Crippen LogP contribution in [0.1, 0.15) is 45.3 Å². The normalized spacial score (nSPS) is 20.4. The van der Waals surface area contributed by atoms with Gasteiger partial charge in [-0.3, -0.25) is 4.90 Å². The molecule has 15 heteroatoms. The van der Waals surface area contributed by atoms with E-state index in [1.807, 2.05) is 0 Å². The summed E-state index contributed by atoms with van der Waals surface area (Å²) in [6, 6.07) is 0.617. The van der Waals surface area contributed by atoms with E-state index < -0.39 is 41.9 Å². The van der Waals surface area contributed by atoms with Gasteiger partial charge in [-0.15, -0.1) is 24.5 Å². The molecule has 1 amide bonds. The Morgan fingerprint density at radius 1 is 1.18 bits per heavy atom. The molecule has 2 saturated heterocycles. The number of fused-ring (bicyclic) bond motifs is 3. The molecule has 3 unspecified atom stereocenters. The van der Waals surface area contributed by atoms with E-state index in [-0.39, 0.29) is 47.9 Å². The lowest BCUT2D eigenvalue weighted by atomic mass is 10.0. The van der Waals surface area contributed by atoms with Gasteiger partial charge in [-0.2, -0.15) is 4.98 Å². The molecular formula is C25H27F5N4O5S. The molecule has 9 nitrogen and oxygen atoms in total. The molecule has 4 heterocycles. The number of carbonyl (C=O) groups excluding carboxylic acids is 1. The van der Waals surface area contributed by atoms with Gasteiger partial charge in [0.05, 0.1) is 17.6 Å². The quantitative estimate of drug-likeness (QED) is 0.305. The third kappa shape index (κ3) is 5.53. The molecule has 218 valence electrons. The van der Waals surface area contributed by atoms with Crippen LogP contribution in [-0.2, 0) is 9.47 Å². The van der Waals surface area contributed by atoms with E-state index in [1.54, 1.807) is 36.0 Å². The van der Waals surface area contributed by atoms with Gasteiger partial charge < -0.3 is 23.5 Å². The number of alkyl halides is 5. The first-order valence-electron chi connectivity index (χ1n) is 12.5. The highest BCUT2D eigenvalue weighted by Gasteiger charge is 2.46. The number of hydrogen-bond donors (Lipinski definition) is 0. The van der Waals surface area contributed by atoms with E-state index in [9.17, 15) is 26.7 Å². The Morgan fingerprint density at radius 2 is 1.85 bits per heavy atom. The average molecular weight is 591 g/mol. The van der Waals surface area contributed by atoms with Crippen molar-refractivity contribution in [3.63, 3.8) is 0 Å². The lowest BCUT2D eigenvalue weighted by Gasteiger charge is -2.40. The Hall–Kier alpha value is -3.20. The topological polar surface area (TPSA) is 90.2 Å². The zero-order valence-electron chi connectivity index (χ0n) is 22.0. The highest BCUT2D eigenvalue weighted by Crippen LogP contribution is 2.46. The fourth-order valence-electron chi connectivity index (χ4n) is 5.19. The zero-order chi connectivity index (χ0) is 29.0. The Bertz CT molecular complexity index is 1360. The van der Waals surface area contributed by atoms with Gasteiger partial charge in [0, 0.05) is 37.3 Å². The molecule has 3 aromatic rings.